The van der Waals surface area contributed by atoms with E-state index in [1.165, 1.54) is 0 Å². The van der Waals surface area contributed by atoms with E-state index in [9.17, 15) is 9.59 Å². The highest BCUT2D eigenvalue weighted by atomic mass is 16.1. The van der Waals surface area contributed by atoms with Crippen LogP contribution in [0.15, 0.2) is 36.4 Å². The normalized spacial score (nSPS) is 13.1. The van der Waals surface area contributed by atoms with E-state index in [1.54, 1.807) is 36.4 Å². The van der Waals surface area contributed by atoms with Gasteiger partial charge in [-0.25, -0.2) is 0 Å². The highest BCUT2D eigenvalue weighted by Gasteiger charge is 2.28. The number of hydrogen-bond donors (Lipinski definition) is 2. The third kappa shape index (κ3) is 1.26. The molecule has 3 rings (SSSR count). The second-order valence-corrected chi connectivity index (χ2v) is 4.23. The zero-order valence-corrected chi connectivity index (χ0v) is 9.44. The van der Waals surface area contributed by atoms with Gasteiger partial charge in [0, 0.05) is 22.5 Å². The van der Waals surface area contributed by atoms with Gasteiger partial charge in [-0.1, -0.05) is 18.2 Å². The molecule has 2 bridgehead atoms. The molecule has 0 spiro atoms. The Morgan fingerprint density at radius 3 is 1.61 bits per heavy atom. The van der Waals surface area contributed by atoms with Crippen LogP contribution in [0.3, 0.4) is 0 Å². The van der Waals surface area contributed by atoms with Crippen molar-refractivity contribution in [3.63, 3.8) is 0 Å². The fourth-order valence-corrected chi connectivity index (χ4v) is 2.21. The van der Waals surface area contributed by atoms with Crippen molar-refractivity contribution in [2.24, 2.45) is 0 Å². The van der Waals surface area contributed by atoms with Crippen LogP contribution in [0.2, 0.25) is 0 Å². The maximum Gasteiger partial charge on any atom is 0.195 e. The standard InChI is InChI=1S/C14H10N2O2/c15-9-4-5-10(16)12-11(9)13(17)7-2-1-3-8(6-7)14(12)18/h1-6H,15-16H2. The zero-order chi connectivity index (χ0) is 12.9. The molecule has 0 aromatic heterocycles. The Hall–Kier alpha value is -2.62. The van der Waals surface area contributed by atoms with Crippen molar-refractivity contribution in [2.75, 3.05) is 11.5 Å². The van der Waals surface area contributed by atoms with Gasteiger partial charge >= 0.3 is 0 Å². The zero-order valence-electron chi connectivity index (χ0n) is 9.44. The number of benzene rings is 2. The van der Waals surface area contributed by atoms with Crippen LogP contribution in [0.5, 0.6) is 0 Å². The number of nitrogen functional groups attached to an aromatic ring is 2. The molecule has 1 aliphatic carbocycles. The van der Waals surface area contributed by atoms with Gasteiger partial charge in [0.2, 0.25) is 0 Å². The second-order valence-electron chi connectivity index (χ2n) is 4.23. The SMILES string of the molecule is Nc1ccc(N)c2c1C(=O)c1cccc(c1)C2=O. The van der Waals surface area contributed by atoms with Crippen molar-refractivity contribution >= 4 is 22.9 Å². The number of carbonyl (C=O) groups is 2. The van der Waals surface area contributed by atoms with E-state index in [1.807, 2.05) is 0 Å². The van der Waals surface area contributed by atoms with Crippen LogP contribution in [0.1, 0.15) is 31.8 Å². The number of fused-ring (bicyclic) bond motifs is 3. The molecule has 0 atom stereocenters. The first-order valence-electron chi connectivity index (χ1n) is 5.47. The average molecular weight is 238 g/mol. The van der Waals surface area contributed by atoms with Crippen LogP contribution in [0, 0.1) is 0 Å². The van der Waals surface area contributed by atoms with E-state index < -0.39 is 0 Å². The molecule has 4 nitrogen and oxygen atoms in total. The Bertz CT molecular complexity index is 649. The van der Waals surface area contributed by atoms with Gasteiger partial charge in [-0.05, 0) is 18.2 Å². The van der Waals surface area contributed by atoms with Crippen molar-refractivity contribution < 1.29 is 9.59 Å². The number of hydrogen-bond acceptors (Lipinski definition) is 4. The lowest BCUT2D eigenvalue weighted by atomic mass is 9.96. The molecule has 0 aliphatic heterocycles. The Labute approximate surface area is 103 Å². The highest BCUT2D eigenvalue weighted by Crippen LogP contribution is 2.31. The summed E-state index contributed by atoms with van der Waals surface area (Å²) < 4.78 is 0. The minimum absolute atomic E-state index is 0.209. The van der Waals surface area contributed by atoms with Gasteiger partial charge in [-0.2, -0.15) is 0 Å². The van der Waals surface area contributed by atoms with Crippen LogP contribution in [0.4, 0.5) is 11.4 Å². The summed E-state index contributed by atoms with van der Waals surface area (Å²) in [5.41, 5.74) is 13.5. The van der Waals surface area contributed by atoms with E-state index in [-0.39, 0.29) is 34.1 Å². The molecular formula is C14H10N2O2. The van der Waals surface area contributed by atoms with Crippen molar-refractivity contribution in [3.8, 4) is 0 Å². The number of rotatable bonds is 0. The summed E-state index contributed by atoms with van der Waals surface area (Å²) in [5, 5.41) is 0. The summed E-state index contributed by atoms with van der Waals surface area (Å²) in [7, 11) is 0. The van der Waals surface area contributed by atoms with Crippen molar-refractivity contribution in [3.05, 3.63) is 58.7 Å². The molecular weight excluding hydrogens is 228 g/mol. The molecule has 0 saturated heterocycles. The van der Waals surface area contributed by atoms with Gasteiger partial charge in [0.25, 0.3) is 0 Å². The van der Waals surface area contributed by atoms with E-state index in [0.29, 0.717) is 11.1 Å². The topological polar surface area (TPSA) is 86.2 Å². The number of carbonyl (C=O) groups excluding carboxylic acids is 2. The van der Waals surface area contributed by atoms with Crippen molar-refractivity contribution in [1.82, 2.24) is 0 Å². The maximum absolute atomic E-state index is 12.3. The minimum atomic E-state index is -0.262. The predicted molar refractivity (Wildman–Crippen MR) is 68.6 cm³/mol. The molecule has 2 aromatic carbocycles. The van der Waals surface area contributed by atoms with Gasteiger partial charge < -0.3 is 11.5 Å². The average Bonchev–Trinajstić information content (AvgIpc) is 2.45. The number of anilines is 2. The molecule has 0 amide bonds. The molecule has 0 fully saturated rings. The molecule has 1 aliphatic rings. The third-order valence-corrected chi connectivity index (χ3v) is 3.11. The molecule has 2 aromatic rings. The maximum atomic E-state index is 12.3. The fraction of sp³-hybridized carbons (Fsp3) is 0. The number of nitrogens with two attached hydrogens (primary N) is 2. The van der Waals surface area contributed by atoms with Gasteiger partial charge in [0.05, 0.1) is 11.1 Å². The molecule has 18 heavy (non-hydrogen) atoms. The quantitative estimate of drug-likeness (QED) is 0.583. The van der Waals surface area contributed by atoms with Crippen LogP contribution < -0.4 is 11.5 Å². The lowest BCUT2D eigenvalue weighted by molar-refractivity contribution is 0.101. The molecule has 88 valence electrons. The van der Waals surface area contributed by atoms with Gasteiger partial charge in [0.1, 0.15) is 0 Å². The lowest BCUT2D eigenvalue weighted by Crippen LogP contribution is -2.12. The Balaban J connectivity index is 2.46. The first-order chi connectivity index (χ1) is 8.59. The van der Waals surface area contributed by atoms with Crippen LogP contribution in [-0.2, 0) is 0 Å². The fourth-order valence-electron chi connectivity index (χ4n) is 2.21. The van der Waals surface area contributed by atoms with Gasteiger partial charge in [-0.3, -0.25) is 9.59 Å². The first-order valence-corrected chi connectivity index (χ1v) is 5.47. The van der Waals surface area contributed by atoms with Crippen LogP contribution in [-0.4, -0.2) is 11.6 Å². The Morgan fingerprint density at radius 2 is 1.17 bits per heavy atom. The smallest absolute Gasteiger partial charge is 0.195 e. The minimum Gasteiger partial charge on any atom is -0.398 e. The third-order valence-electron chi connectivity index (χ3n) is 3.11. The first kappa shape index (κ1) is 10.5. The van der Waals surface area contributed by atoms with Gasteiger partial charge in [0.15, 0.2) is 11.6 Å². The monoisotopic (exact) mass is 238 g/mol. The highest BCUT2D eigenvalue weighted by molar-refractivity contribution is 6.26. The van der Waals surface area contributed by atoms with E-state index in [4.69, 9.17) is 11.5 Å². The van der Waals surface area contributed by atoms with E-state index >= 15 is 0 Å². The largest absolute Gasteiger partial charge is 0.398 e. The summed E-state index contributed by atoms with van der Waals surface area (Å²) >= 11 is 0. The number of ketones is 2. The molecule has 0 unspecified atom stereocenters. The molecule has 4 heteroatoms. The lowest BCUT2D eigenvalue weighted by Gasteiger charge is -2.10. The molecule has 0 radical (unpaired) electrons. The second kappa shape index (κ2) is 3.43. The van der Waals surface area contributed by atoms with Crippen molar-refractivity contribution in [2.45, 2.75) is 0 Å². The van der Waals surface area contributed by atoms with Gasteiger partial charge in [-0.15, -0.1) is 0 Å². The van der Waals surface area contributed by atoms with E-state index in [2.05, 4.69) is 0 Å². The van der Waals surface area contributed by atoms with E-state index in [0.717, 1.165) is 0 Å². The predicted octanol–water partition coefficient (Wildman–Crippen LogP) is 1.63. The Morgan fingerprint density at radius 1 is 0.722 bits per heavy atom. The molecule has 4 N–H and O–H groups in total. The summed E-state index contributed by atoms with van der Waals surface area (Å²) in [6.45, 7) is 0. The van der Waals surface area contributed by atoms with Crippen LogP contribution >= 0.6 is 0 Å². The molecule has 0 heterocycles. The Kier molecular flexibility index (Phi) is 2.01. The van der Waals surface area contributed by atoms with Crippen LogP contribution in [0.25, 0.3) is 0 Å². The van der Waals surface area contributed by atoms with Crippen molar-refractivity contribution in [1.29, 1.82) is 0 Å². The summed E-state index contributed by atoms with van der Waals surface area (Å²) in [5.74, 6) is -0.523. The summed E-state index contributed by atoms with van der Waals surface area (Å²) in [6.07, 6.45) is 0. The molecule has 0 saturated carbocycles. The summed E-state index contributed by atoms with van der Waals surface area (Å²) in [6, 6.07) is 9.68. The summed E-state index contributed by atoms with van der Waals surface area (Å²) in [4.78, 5) is 24.7.